The quantitative estimate of drug-likeness (QED) is 0.302. The lowest BCUT2D eigenvalue weighted by atomic mass is 10.0. The van der Waals surface area contributed by atoms with Gasteiger partial charge in [0.2, 0.25) is 5.91 Å². The number of benzene rings is 3. The van der Waals surface area contributed by atoms with Crippen molar-refractivity contribution in [2.45, 2.75) is 25.6 Å². The number of phenols is 1. The van der Waals surface area contributed by atoms with E-state index in [9.17, 15) is 23.1 Å². The number of carbonyl (C=O) groups is 1. The highest BCUT2D eigenvalue weighted by Crippen LogP contribution is 2.36. The number of alkyl halides is 3. The van der Waals surface area contributed by atoms with Gasteiger partial charge in [0.1, 0.15) is 11.5 Å². The van der Waals surface area contributed by atoms with Crippen molar-refractivity contribution >= 4 is 33.0 Å². The Balaban J connectivity index is 1.71. The van der Waals surface area contributed by atoms with Gasteiger partial charge < -0.3 is 14.7 Å². The predicted octanol–water partition coefficient (Wildman–Crippen LogP) is 7.16. The Kier molecular flexibility index (Phi) is 6.79. The Morgan fingerprint density at radius 2 is 1.71 bits per heavy atom. The number of fused-ring (bicyclic) bond motifs is 1. The van der Waals surface area contributed by atoms with Crippen LogP contribution in [0, 0.1) is 0 Å². The Morgan fingerprint density at radius 1 is 1.00 bits per heavy atom. The van der Waals surface area contributed by atoms with Gasteiger partial charge >= 0.3 is 6.18 Å². The lowest BCUT2D eigenvalue weighted by Crippen LogP contribution is -2.31. The second kappa shape index (κ2) is 9.77. The fraction of sp³-hybridized carbons (Fsp3) is 0.192. The van der Waals surface area contributed by atoms with Crippen molar-refractivity contribution in [3.8, 4) is 22.6 Å². The molecule has 0 aliphatic rings. The minimum atomic E-state index is -4.45. The molecule has 0 radical (unpaired) electrons. The van der Waals surface area contributed by atoms with Crippen molar-refractivity contribution in [1.29, 1.82) is 0 Å². The van der Waals surface area contributed by atoms with Gasteiger partial charge in [-0.2, -0.15) is 13.2 Å². The number of methoxy groups -OCH3 is 1. The maximum absolute atomic E-state index is 13.0. The van der Waals surface area contributed by atoms with E-state index in [2.05, 4.69) is 0 Å². The topological polar surface area (TPSA) is 49.8 Å². The fourth-order valence-corrected chi connectivity index (χ4v) is 4.72. The number of rotatable bonds is 7. The Labute approximate surface area is 198 Å². The molecule has 1 N–H and O–H groups in total. The molecule has 0 spiro atoms. The zero-order valence-corrected chi connectivity index (χ0v) is 19.1. The Bertz CT molecular complexity index is 1270. The number of thiophene rings is 1. The van der Waals surface area contributed by atoms with Crippen molar-refractivity contribution in [1.82, 2.24) is 0 Å². The first-order valence-electron chi connectivity index (χ1n) is 10.6. The van der Waals surface area contributed by atoms with Gasteiger partial charge in [0.15, 0.2) is 0 Å². The van der Waals surface area contributed by atoms with Crippen LogP contribution >= 0.6 is 11.3 Å². The second-order valence-electron chi connectivity index (χ2n) is 7.78. The number of hydrogen-bond acceptors (Lipinski definition) is 4. The average Bonchev–Trinajstić information content (AvgIpc) is 3.24. The highest BCUT2D eigenvalue weighted by atomic mass is 32.1. The van der Waals surface area contributed by atoms with E-state index in [1.807, 2.05) is 42.5 Å². The van der Waals surface area contributed by atoms with Crippen molar-refractivity contribution < 1.29 is 27.8 Å². The van der Waals surface area contributed by atoms with Crippen LogP contribution in [0.5, 0.6) is 11.5 Å². The number of halogens is 3. The van der Waals surface area contributed by atoms with Gasteiger partial charge in [-0.05, 0) is 52.9 Å². The van der Waals surface area contributed by atoms with E-state index < -0.39 is 24.9 Å². The van der Waals surface area contributed by atoms with E-state index in [0.29, 0.717) is 11.3 Å². The first-order chi connectivity index (χ1) is 16.2. The van der Waals surface area contributed by atoms with Crippen molar-refractivity contribution in [3.63, 3.8) is 0 Å². The summed E-state index contributed by atoms with van der Waals surface area (Å²) in [6.07, 6.45) is -6.39. The van der Waals surface area contributed by atoms with Crippen LogP contribution in [0.4, 0.5) is 18.9 Å². The number of amides is 1. The lowest BCUT2D eigenvalue weighted by molar-refractivity contribution is -0.143. The molecular formula is C26H22F3NO3S. The van der Waals surface area contributed by atoms with Crippen LogP contribution in [0.25, 0.3) is 21.2 Å². The minimum absolute atomic E-state index is 0.0513. The molecule has 0 saturated carbocycles. The highest BCUT2D eigenvalue weighted by Gasteiger charge is 2.30. The van der Waals surface area contributed by atoms with Crippen LogP contribution in [-0.4, -0.2) is 24.3 Å². The number of anilines is 1. The summed E-state index contributed by atoms with van der Waals surface area (Å²) in [5, 5.41) is 11.6. The normalized spacial score (nSPS) is 11.5. The summed E-state index contributed by atoms with van der Waals surface area (Å²) in [6, 6.07) is 21.6. The number of nitrogens with zero attached hydrogens (tertiary/aromatic N) is 1. The Hall–Kier alpha value is -3.52. The molecule has 1 amide bonds. The van der Waals surface area contributed by atoms with Gasteiger partial charge in [-0.15, -0.1) is 11.3 Å². The smallest absolute Gasteiger partial charge is 0.389 e. The van der Waals surface area contributed by atoms with Crippen molar-refractivity contribution in [3.05, 3.63) is 77.7 Å². The molecule has 4 nitrogen and oxygen atoms in total. The summed E-state index contributed by atoms with van der Waals surface area (Å²) < 4.78 is 44.7. The molecule has 0 aliphatic carbocycles. The van der Waals surface area contributed by atoms with Crippen LogP contribution in [0.2, 0.25) is 0 Å². The van der Waals surface area contributed by atoms with E-state index in [1.54, 1.807) is 31.4 Å². The van der Waals surface area contributed by atoms with E-state index >= 15 is 0 Å². The third-order valence-corrected chi connectivity index (χ3v) is 6.50. The Morgan fingerprint density at radius 3 is 2.38 bits per heavy atom. The summed E-state index contributed by atoms with van der Waals surface area (Å²) in [5.74, 6) is -0.216. The molecule has 4 rings (SSSR count). The third-order valence-electron chi connectivity index (χ3n) is 5.40. The van der Waals surface area contributed by atoms with E-state index in [-0.39, 0.29) is 18.0 Å². The third kappa shape index (κ3) is 5.51. The summed E-state index contributed by atoms with van der Waals surface area (Å²) in [6.45, 7) is 0.0513. The van der Waals surface area contributed by atoms with E-state index in [1.165, 1.54) is 22.3 Å². The SMILES string of the molecule is COc1ccc(-c2ccc(O)c(N(Cc3cc4ccccc4s3)C(=O)CCC(F)(F)F)c2)cc1. The van der Waals surface area contributed by atoms with E-state index in [0.717, 1.165) is 20.5 Å². The number of carbonyl (C=O) groups excluding carboxylic acids is 1. The first kappa shape index (κ1) is 23.6. The zero-order chi connectivity index (χ0) is 24.3. The molecule has 0 bridgehead atoms. The van der Waals surface area contributed by atoms with Crippen LogP contribution in [-0.2, 0) is 11.3 Å². The van der Waals surface area contributed by atoms with Gasteiger partial charge in [0.05, 0.1) is 25.8 Å². The number of hydrogen-bond donors (Lipinski definition) is 1. The summed E-state index contributed by atoms with van der Waals surface area (Å²) in [4.78, 5) is 15.0. The predicted molar refractivity (Wildman–Crippen MR) is 128 cm³/mol. The molecule has 34 heavy (non-hydrogen) atoms. The van der Waals surface area contributed by atoms with Gasteiger partial charge in [0, 0.05) is 16.0 Å². The number of ether oxygens (including phenoxy) is 1. The molecular weight excluding hydrogens is 463 g/mol. The average molecular weight is 486 g/mol. The molecule has 8 heteroatoms. The number of phenolic OH excluding ortho intramolecular Hbond substituents is 1. The molecule has 4 aromatic rings. The molecule has 0 unspecified atom stereocenters. The van der Waals surface area contributed by atoms with Crippen molar-refractivity contribution in [2.75, 3.05) is 12.0 Å². The van der Waals surface area contributed by atoms with Crippen LogP contribution in [0.15, 0.2) is 72.8 Å². The van der Waals surface area contributed by atoms with Crippen LogP contribution < -0.4 is 9.64 Å². The molecule has 0 saturated heterocycles. The zero-order valence-electron chi connectivity index (χ0n) is 18.3. The van der Waals surface area contributed by atoms with Gasteiger partial charge in [-0.1, -0.05) is 36.4 Å². The molecule has 1 heterocycles. The molecule has 1 aromatic heterocycles. The van der Waals surface area contributed by atoms with Gasteiger partial charge in [-0.25, -0.2) is 0 Å². The lowest BCUT2D eigenvalue weighted by Gasteiger charge is -2.24. The van der Waals surface area contributed by atoms with Gasteiger partial charge in [-0.3, -0.25) is 4.79 Å². The monoisotopic (exact) mass is 485 g/mol. The summed E-state index contributed by atoms with van der Waals surface area (Å²) >= 11 is 1.46. The van der Waals surface area contributed by atoms with Crippen LogP contribution in [0.3, 0.4) is 0 Å². The summed E-state index contributed by atoms with van der Waals surface area (Å²) in [7, 11) is 1.56. The molecule has 0 fully saturated rings. The van der Waals surface area contributed by atoms with Crippen molar-refractivity contribution in [2.24, 2.45) is 0 Å². The maximum atomic E-state index is 13.0. The largest absolute Gasteiger partial charge is 0.506 e. The number of aromatic hydroxyl groups is 1. The second-order valence-corrected chi connectivity index (χ2v) is 8.95. The first-order valence-corrected chi connectivity index (χ1v) is 11.4. The molecule has 3 aromatic carbocycles. The van der Waals surface area contributed by atoms with E-state index in [4.69, 9.17) is 4.74 Å². The fourth-order valence-electron chi connectivity index (χ4n) is 3.66. The summed E-state index contributed by atoms with van der Waals surface area (Å²) in [5.41, 5.74) is 1.69. The molecule has 176 valence electrons. The standard InChI is InChI=1S/C26H22F3NO3S/c1-33-20-9-6-17(7-10-20)18-8-11-23(31)22(15-18)30(25(32)12-13-26(27,28)29)16-21-14-19-4-2-3-5-24(19)34-21/h2-11,14-15,31H,12-13,16H2,1H3. The van der Waals surface area contributed by atoms with Crippen LogP contribution in [0.1, 0.15) is 17.7 Å². The minimum Gasteiger partial charge on any atom is -0.506 e. The maximum Gasteiger partial charge on any atom is 0.389 e. The molecule has 0 atom stereocenters. The van der Waals surface area contributed by atoms with Gasteiger partial charge in [0.25, 0.3) is 0 Å². The highest BCUT2D eigenvalue weighted by molar-refractivity contribution is 7.19. The molecule has 0 aliphatic heterocycles.